The van der Waals surface area contributed by atoms with Gasteiger partial charge in [-0.15, -0.1) is 0 Å². The average Bonchev–Trinajstić information content (AvgIpc) is 2.50. The zero-order chi connectivity index (χ0) is 16.8. The van der Waals surface area contributed by atoms with Gasteiger partial charge in [0.25, 0.3) is 0 Å². The van der Waals surface area contributed by atoms with Crippen LogP contribution in [0, 0.1) is 0 Å². The smallest absolute Gasteiger partial charge is 0.321 e. The van der Waals surface area contributed by atoms with Crippen molar-refractivity contribution < 1.29 is 27.8 Å². The third-order valence-corrected chi connectivity index (χ3v) is 4.63. The standard InChI is InChI=1S/C14H21NO6S/c1-4-5-7-10(14(16)17)15-22(18,19)13-11(20-2)8-6-9-12(13)21-3/h6,8-10,15H,4-5,7H2,1-3H3,(H,16,17)/t10-/m0/s1. The Balaban J connectivity index is 3.20. The molecule has 0 heterocycles. The van der Waals surface area contributed by atoms with E-state index in [0.29, 0.717) is 6.42 Å². The number of hydrogen-bond acceptors (Lipinski definition) is 5. The van der Waals surface area contributed by atoms with E-state index in [1.165, 1.54) is 26.4 Å². The van der Waals surface area contributed by atoms with E-state index in [9.17, 15) is 18.3 Å². The molecule has 0 bridgehead atoms. The van der Waals surface area contributed by atoms with Crippen molar-refractivity contribution >= 4 is 16.0 Å². The van der Waals surface area contributed by atoms with Gasteiger partial charge < -0.3 is 14.6 Å². The van der Waals surface area contributed by atoms with Crippen LogP contribution in [0.1, 0.15) is 26.2 Å². The number of methoxy groups -OCH3 is 2. The molecule has 0 saturated carbocycles. The summed E-state index contributed by atoms with van der Waals surface area (Å²) < 4.78 is 37.4. The number of unbranched alkanes of at least 4 members (excludes halogenated alkanes) is 1. The fourth-order valence-corrected chi connectivity index (χ4v) is 3.51. The van der Waals surface area contributed by atoms with E-state index in [1.807, 2.05) is 6.92 Å². The second-order valence-electron chi connectivity index (χ2n) is 4.65. The van der Waals surface area contributed by atoms with Crippen LogP contribution in [-0.4, -0.2) is 39.8 Å². The summed E-state index contributed by atoms with van der Waals surface area (Å²) >= 11 is 0. The second-order valence-corrected chi connectivity index (χ2v) is 6.30. The summed E-state index contributed by atoms with van der Waals surface area (Å²) in [5.74, 6) is -1.04. The molecule has 0 saturated heterocycles. The van der Waals surface area contributed by atoms with Crippen molar-refractivity contribution in [3.8, 4) is 11.5 Å². The maximum absolute atomic E-state index is 12.5. The predicted octanol–water partition coefficient (Wildman–Crippen LogP) is 1.63. The number of carbonyl (C=O) groups is 1. The monoisotopic (exact) mass is 331 g/mol. The minimum atomic E-state index is -4.10. The maximum Gasteiger partial charge on any atom is 0.321 e. The van der Waals surface area contributed by atoms with Crippen LogP contribution < -0.4 is 14.2 Å². The second kappa shape index (κ2) is 8.00. The Labute approximate surface area is 130 Å². The molecule has 1 aromatic rings. The van der Waals surface area contributed by atoms with Gasteiger partial charge in [0, 0.05) is 0 Å². The van der Waals surface area contributed by atoms with Crippen LogP contribution in [0.2, 0.25) is 0 Å². The third-order valence-electron chi connectivity index (χ3n) is 3.09. The molecule has 0 fully saturated rings. The SMILES string of the molecule is CCCC[C@H](NS(=O)(=O)c1c(OC)cccc1OC)C(=O)O. The molecule has 0 aliphatic rings. The van der Waals surface area contributed by atoms with Crippen LogP contribution in [0.25, 0.3) is 0 Å². The third kappa shape index (κ3) is 4.35. The molecule has 1 atom stereocenters. The quantitative estimate of drug-likeness (QED) is 0.713. The van der Waals surface area contributed by atoms with Crippen molar-refractivity contribution in [2.24, 2.45) is 0 Å². The van der Waals surface area contributed by atoms with Gasteiger partial charge in [0.2, 0.25) is 10.0 Å². The lowest BCUT2D eigenvalue weighted by Gasteiger charge is -2.17. The topological polar surface area (TPSA) is 102 Å². The van der Waals surface area contributed by atoms with Crippen molar-refractivity contribution in [3.05, 3.63) is 18.2 Å². The van der Waals surface area contributed by atoms with Gasteiger partial charge >= 0.3 is 5.97 Å². The Morgan fingerprint density at radius 3 is 2.23 bits per heavy atom. The van der Waals surface area contributed by atoms with Gasteiger partial charge in [-0.3, -0.25) is 4.79 Å². The van der Waals surface area contributed by atoms with Gasteiger partial charge in [0.05, 0.1) is 14.2 Å². The summed E-state index contributed by atoms with van der Waals surface area (Å²) in [6, 6.07) is 3.33. The molecule has 0 aliphatic heterocycles. The zero-order valence-corrected chi connectivity index (χ0v) is 13.6. The summed E-state index contributed by atoms with van der Waals surface area (Å²) in [7, 11) is -1.44. The molecule has 2 N–H and O–H groups in total. The molecule has 8 heteroatoms. The van der Waals surface area contributed by atoms with Crippen molar-refractivity contribution in [3.63, 3.8) is 0 Å². The van der Waals surface area contributed by atoms with E-state index in [0.717, 1.165) is 6.42 Å². The van der Waals surface area contributed by atoms with Crippen molar-refractivity contribution in [1.82, 2.24) is 4.72 Å². The number of aliphatic carboxylic acids is 1. The first-order valence-electron chi connectivity index (χ1n) is 6.83. The summed E-state index contributed by atoms with van der Waals surface area (Å²) in [6.45, 7) is 1.90. The fourth-order valence-electron chi connectivity index (χ4n) is 1.97. The van der Waals surface area contributed by atoms with Gasteiger partial charge in [0.1, 0.15) is 17.5 Å². The van der Waals surface area contributed by atoms with E-state index in [-0.39, 0.29) is 22.8 Å². The van der Waals surface area contributed by atoms with Gasteiger partial charge in [-0.05, 0) is 18.6 Å². The summed E-state index contributed by atoms with van der Waals surface area (Å²) in [5.41, 5.74) is 0. The van der Waals surface area contributed by atoms with Crippen molar-refractivity contribution in [2.45, 2.75) is 37.1 Å². The number of carboxylic acid groups (broad SMARTS) is 1. The lowest BCUT2D eigenvalue weighted by molar-refractivity contribution is -0.139. The number of hydrogen-bond donors (Lipinski definition) is 2. The average molecular weight is 331 g/mol. The first-order valence-corrected chi connectivity index (χ1v) is 8.31. The number of sulfonamides is 1. The highest BCUT2D eigenvalue weighted by Gasteiger charge is 2.30. The molecule has 7 nitrogen and oxygen atoms in total. The summed E-state index contributed by atoms with van der Waals surface area (Å²) in [6.07, 6.45) is 1.58. The highest BCUT2D eigenvalue weighted by atomic mass is 32.2. The Bertz CT molecular complexity index is 592. The maximum atomic E-state index is 12.5. The highest BCUT2D eigenvalue weighted by molar-refractivity contribution is 7.89. The van der Waals surface area contributed by atoms with Crippen LogP contribution in [0.3, 0.4) is 0 Å². The molecule has 22 heavy (non-hydrogen) atoms. The number of ether oxygens (including phenoxy) is 2. The van der Waals surface area contributed by atoms with Gasteiger partial charge in [-0.2, -0.15) is 4.72 Å². The van der Waals surface area contributed by atoms with Crippen LogP contribution in [0.5, 0.6) is 11.5 Å². The van der Waals surface area contributed by atoms with E-state index in [4.69, 9.17) is 9.47 Å². The van der Waals surface area contributed by atoms with Crippen molar-refractivity contribution in [1.29, 1.82) is 0 Å². The zero-order valence-electron chi connectivity index (χ0n) is 12.8. The Morgan fingerprint density at radius 2 is 1.82 bits per heavy atom. The fraction of sp³-hybridized carbons (Fsp3) is 0.500. The largest absolute Gasteiger partial charge is 0.495 e. The number of nitrogens with one attached hydrogen (secondary N) is 1. The van der Waals surface area contributed by atoms with Crippen molar-refractivity contribution in [2.75, 3.05) is 14.2 Å². The van der Waals surface area contributed by atoms with Crippen LogP contribution in [-0.2, 0) is 14.8 Å². The first-order chi connectivity index (χ1) is 10.4. The molecule has 0 unspecified atom stereocenters. The Hall–Kier alpha value is -1.80. The predicted molar refractivity (Wildman–Crippen MR) is 80.8 cm³/mol. The summed E-state index contributed by atoms with van der Waals surface area (Å²) in [5, 5.41) is 9.17. The minimum absolute atomic E-state index is 0.0893. The van der Waals surface area contributed by atoms with Crippen LogP contribution in [0.4, 0.5) is 0 Å². The molecule has 0 spiro atoms. The molecule has 0 aliphatic carbocycles. The molecular weight excluding hydrogens is 310 g/mol. The molecule has 1 rings (SSSR count). The Morgan fingerprint density at radius 1 is 1.27 bits per heavy atom. The molecule has 1 aromatic carbocycles. The normalized spacial score (nSPS) is 12.7. The lowest BCUT2D eigenvalue weighted by Crippen LogP contribution is -2.40. The van der Waals surface area contributed by atoms with Gasteiger partial charge in [-0.25, -0.2) is 8.42 Å². The first kappa shape index (κ1) is 18.2. The van der Waals surface area contributed by atoms with E-state index < -0.39 is 22.0 Å². The number of carboxylic acids is 1. The molecule has 124 valence electrons. The van der Waals surface area contributed by atoms with Crippen LogP contribution >= 0.6 is 0 Å². The minimum Gasteiger partial charge on any atom is -0.495 e. The van der Waals surface area contributed by atoms with Gasteiger partial charge in [0.15, 0.2) is 4.90 Å². The number of rotatable bonds is 9. The number of benzene rings is 1. The van der Waals surface area contributed by atoms with E-state index >= 15 is 0 Å². The van der Waals surface area contributed by atoms with Gasteiger partial charge in [-0.1, -0.05) is 25.8 Å². The molecule has 0 aromatic heterocycles. The molecular formula is C14H21NO6S. The van der Waals surface area contributed by atoms with Crippen LogP contribution in [0.15, 0.2) is 23.1 Å². The lowest BCUT2D eigenvalue weighted by atomic mass is 10.1. The molecule has 0 radical (unpaired) electrons. The van der Waals surface area contributed by atoms with E-state index in [1.54, 1.807) is 6.07 Å². The van der Waals surface area contributed by atoms with E-state index in [2.05, 4.69) is 4.72 Å². The summed E-state index contributed by atoms with van der Waals surface area (Å²) in [4.78, 5) is 11.0. The highest BCUT2D eigenvalue weighted by Crippen LogP contribution is 2.32. The Kier molecular flexibility index (Phi) is 6.63. The molecule has 0 amide bonds.